The summed E-state index contributed by atoms with van der Waals surface area (Å²) in [6.07, 6.45) is 0.995. The zero-order valence-corrected chi connectivity index (χ0v) is 17.0. The summed E-state index contributed by atoms with van der Waals surface area (Å²) in [6.45, 7) is 0. The number of hydrogen-bond acceptors (Lipinski definition) is 7. The van der Waals surface area contributed by atoms with Gasteiger partial charge in [-0.1, -0.05) is 34.7 Å². The number of hydrogen-bond donors (Lipinski definition) is 1. The molecule has 2 aliphatic rings. The minimum atomic E-state index is -4.32. The summed E-state index contributed by atoms with van der Waals surface area (Å²) in [5.74, 6) is -1.08. The molecule has 0 aliphatic carbocycles. The Morgan fingerprint density at radius 1 is 1.37 bits per heavy atom. The van der Waals surface area contributed by atoms with E-state index in [1.165, 1.54) is 24.1 Å². The van der Waals surface area contributed by atoms with Crippen LogP contribution in [0, 0.1) is 10.1 Å². The predicted octanol–water partition coefficient (Wildman–Crippen LogP) is 0.591. The number of amides is 1. The lowest BCUT2D eigenvalue weighted by molar-refractivity contribution is -0.387. The second kappa shape index (κ2) is 7.31. The average Bonchev–Trinajstić information content (AvgIpc) is 3.17. The van der Waals surface area contributed by atoms with Crippen molar-refractivity contribution in [2.75, 3.05) is 7.11 Å². The third kappa shape index (κ3) is 3.40. The molecule has 146 valence electrons. The minimum absolute atomic E-state index is 0.305. The van der Waals surface area contributed by atoms with Crippen molar-refractivity contribution in [3.63, 3.8) is 0 Å². The van der Waals surface area contributed by atoms with Crippen LogP contribution in [0.4, 0.5) is 5.69 Å². The number of para-hydroxylation sites is 1. The fraction of sp³-hybridized carbons (Fsp3) is 0.467. The number of esters is 1. The number of ether oxygens (including phenoxy) is 1. The fourth-order valence-electron chi connectivity index (χ4n) is 3.54. The molecule has 2 fully saturated rings. The van der Waals surface area contributed by atoms with Crippen molar-refractivity contribution in [1.82, 2.24) is 9.62 Å². The van der Waals surface area contributed by atoms with Gasteiger partial charge in [0.1, 0.15) is 12.1 Å². The number of carbonyl (C=O) groups is 2. The lowest BCUT2D eigenvalue weighted by Gasteiger charge is -2.22. The van der Waals surface area contributed by atoms with Gasteiger partial charge < -0.3 is 9.64 Å². The molecule has 27 heavy (non-hydrogen) atoms. The number of benzene rings is 1. The lowest BCUT2D eigenvalue weighted by Crippen LogP contribution is -2.47. The highest BCUT2D eigenvalue weighted by atomic mass is 127. The summed E-state index contributed by atoms with van der Waals surface area (Å²) in [5.41, 5.74) is -0.576. The summed E-state index contributed by atoms with van der Waals surface area (Å²) >= 11 is 1.98. The Bertz CT molecular complexity index is 906. The first-order valence-electron chi connectivity index (χ1n) is 7.99. The van der Waals surface area contributed by atoms with Crippen molar-refractivity contribution in [3.8, 4) is 0 Å². The van der Waals surface area contributed by atoms with Crippen molar-refractivity contribution in [1.29, 1.82) is 0 Å². The first-order chi connectivity index (χ1) is 12.7. The van der Waals surface area contributed by atoms with Gasteiger partial charge in [-0.2, -0.15) is 4.72 Å². The van der Waals surface area contributed by atoms with Crippen molar-refractivity contribution in [3.05, 3.63) is 34.4 Å². The van der Waals surface area contributed by atoms with E-state index in [-0.39, 0.29) is 6.04 Å². The van der Waals surface area contributed by atoms with Crippen LogP contribution in [0.5, 0.6) is 0 Å². The quantitative estimate of drug-likeness (QED) is 0.202. The maximum Gasteiger partial charge on any atom is 0.328 e. The van der Waals surface area contributed by atoms with Gasteiger partial charge in [-0.25, -0.2) is 13.2 Å². The van der Waals surface area contributed by atoms with E-state index in [1.807, 2.05) is 22.6 Å². The van der Waals surface area contributed by atoms with Crippen molar-refractivity contribution in [2.24, 2.45) is 0 Å². The summed E-state index contributed by atoms with van der Waals surface area (Å²) in [6, 6.07) is 2.75. The Morgan fingerprint density at radius 2 is 2.04 bits per heavy atom. The van der Waals surface area contributed by atoms with E-state index in [0.29, 0.717) is 12.8 Å². The Morgan fingerprint density at radius 3 is 2.67 bits per heavy atom. The normalized spacial score (nSPS) is 27.5. The second-order valence-electron chi connectivity index (χ2n) is 6.20. The molecule has 3 rings (SSSR count). The van der Waals surface area contributed by atoms with Crippen molar-refractivity contribution in [2.45, 2.75) is 39.8 Å². The van der Waals surface area contributed by atoms with Crippen LogP contribution in [0.2, 0.25) is 0 Å². The Hall–Kier alpha value is -1.80. The van der Waals surface area contributed by atoms with Crippen LogP contribution in [0.25, 0.3) is 0 Å². The molecule has 0 radical (unpaired) electrons. The van der Waals surface area contributed by atoms with Crippen LogP contribution in [-0.4, -0.2) is 59.3 Å². The predicted molar refractivity (Wildman–Crippen MR) is 101 cm³/mol. The highest BCUT2D eigenvalue weighted by molar-refractivity contribution is 14.1. The molecular weight excluding hydrogens is 493 g/mol. The molecule has 1 amide bonds. The summed E-state index contributed by atoms with van der Waals surface area (Å²) < 4.78 is 32.0. The molecule has 0 bridgehead atoms. The maximum absolute atomic E-state index is 12.8. The Kier molecular flexibility index (Phi) is 5.40. The van der Waals surface area contributed by atoms with Gasteiger partial charge >= 0.3 is 5.97 Å². The van der Waals surface area contributed by atoms with E-state index >= 15 is 0 Å². The van der Waals surface area contributed by atoms with Crippen LogP contribution in [0.3, 0.4) is 0 Å². The first kappa shape index (κ1) is 19.9. The standard InChI is InChI=1S/C15H16IN3O7S/c1-26-15(21)10-7-6-9-12(16)13(14(20)18(9)10)17-27(24,25)11-5-3-2-4-8(11)19(22)23/h2-5,9-10,12-13,17H,6-7H2,1H3/t9-,10-,12+,13-/m0/s1. The maximum atomic E-state index is 12.8. The lowest BCUT2D eigenvalue weighted by atomic mass is 10.1. The Balaban J connectivity index is 1.89. The number of sulfonamides is 1. The zero-order chi connectivity index (χ0) is 19.9. The van der Waals surface area contributed by atoms with E-state index in [4.69, 9.17) is 4.74 Å². The van der Waals surface area contributed by atoms with Gasteiger partial charge in [-0.15, -0.1) is 0 Å². The van der Waals surface area contributed by atoms with Gasteiger partial charge in [0.05, 0.1) is 16.0 Å². The van der Waals surface area contributed by atoms with Gasteiger partial charge in [0.15, 0.2) is 4.90 Å². The van der Waals surface area contributed by atoms with Crippen LogP contribution >= 0.6 is 22.6 Å². The van der Waals surface area contributed by atoms with Crippen LogP contribution in [0.1, 0.15) is 12.8 Å². The van der Waals surface area contributed by atoms with E-state index in [0.717, 1.165) is 12.1 Å². The fourth-order valence-corrected chi connectivity index (χ4v) is 6.36. The summed E-state index contributed by atoms with van der Waals surface area (Å²) in [4.78, 5) is 35.9. The van der Waals surface area contributed by atoms with E-state index in [1.54, 1.807) is 0 Å². The molecule has 0 spiro atoms. The van der Waals surface area contributed by atoms with E-state index < -0.39 is 53.4 Å². The number of carbonyl (C=O) groups excluding carboxylic acids is 2. The third-order valence-corrected chi connectivity index (χ3v) is 7.78. The highest BCUT2D eigenvalue weighted by Gasteiger charge is 2.55. The number of nitrogens with zero attached hydrogens (tertiary/aromatic N) is 2. The van der Waals surface area contributed by atoms with Gasteiger partial charge in [0, 0.05) is 12.1 Å². The minimum Gasteiger partial charge on any atom is -0.467 e. The largest absolute Gasteiger partial charge is 0.467 e. The van der Waals surface area contributed by atoms with Crippen molar-refractivity contribution < 1.29 is 27.7 Å². The summed E-state index contributed by atoms with van der Waals surface area (Å²) in [7, 11) is -3.09. The van der Waals surface area contributed by atoms with Gasteiger partial charge in [-0.05, 0) is 18.9 Å². The number of nitro benzene ring substituents is 1. The molecule has 4 atom stereocenters. The Labute approximate surface area is 168 Å². The van der Waals surface area contributed by atoms with Crippen LogP contribution in [-0.2, 0) is 24.3 Å². The third-order valence-electron chi connectivity index (χ3n) is 4.74. The molecule has 0 aromatic heterocycles. The van der Waals surface area contributed by atoms with Gasteiger partial charge in [-0.3, -0.25) is 14.9 Å². The molecule has 2 aliphatic heterocycles. The summed E-state index contributed by atoms with van der Waals surface area (Å²) in [5, 5.41) is 11.1. The molecule has 12 heteroatoms. The molecule has 2 heterocycles. The molecule has 0 unspecified atom stereocenters. The van der Waals surface area contributed by atoms with Crippen LogP contribution < -0.4 is 4.72 Å². The molecule has 1 aromatic carbocycles. The second-order valence-corrected chi connectivity index (χ2v) is 9.32. The number of fused-ring (bicyclic) bond motifs is 1. The topological polar surface area (TPSA) is 136 Å². The molecule has 2 saturated heterocycles. The number of alkyl halides is 1. The molecule has 10 nitrogen and oxygen atoms in total. The number of rotatable bonds is 5. The van der Waals surface area contributed by atoms with E-state index in [9.17, 15) is 28.1 Å². The SMILES string of the molecule is COC(=O)[C@@H]1CC[C@H]2[C@@H](I)[C@H](NS(=O)(=O)c3ccccc3[N+](=O)[O-])C(=O)N12. The van der Waals surface area contributed by atoms with Crippen molar-refractivity contribution >= 4 is 50.2 Å². The monoisotopic (exact) mass is 509 g/mol. The molecule has 1 N–H and O–H groups in total. The smallest absolute Gasteiger partial charge is 0.328 e. The van der Waals surface area contributed by atoms with E-state index in [2.05, 4.69) is 4.72 Å². The number of nitro groups is 1. The highest BCUT2D eigenvalue weighted by Crippen LogP contribution is 2.39. The van der Waals surface area contributed by atoms with Gasteiger partial charge in [0.2, 0.25) is 15.9 Å². The molecular formula is C15H16IN3O7S. The zero-order valence-electron chi connectivity index (χ0n) is 14.1. The number of halogens is 1. The first-order valence-corrected chi connectivity index (χ1v) is 10.7. The molecule has 1 aromatic rings. The number of nitrogens with one attached hydrogen (secondary N) is 1. The van der Waals surface area contributed by atoms with Gasteiger partial charge in [0.25, 0.3) is 5.69 Å². The number of methoxy groups -OCH3 is 1. The molecule has 0 saturated carbocycles. The van der Waals surface area contributed by atoms with Crippen LogP contribution in [0.15, 0.2) is 29.2 Å². The average molecular weight is 509 g/mol.